The van der Waals surface area contributed by atoms with Crippen molar-refractivity contribution < 1.29 is 18.0 Å². The minimum absolute atomic E-state index is 0.0926. The van der Waals surface area contributed by atoms with Gasteiger partial charge in [0.1, 0.15) is 5.69 Å². The van der Waals surface area contributed by atoms with Crippen LogP contribution in [0.15, 0.2) is 18.3 Å². The molecule has 0 radical (unpaired) electrons. The van der Waals surface area contributed by atoms with Crippen molar-refractivity contribution in [2.75, 3.05) is 13.1 Å². The Morgan fingerprint density at radius 1 is 1.38 bits per heavy atom. The number of pyridine rings is 1. The number of carbonyl (C=O) groups excluding carboxylic acids is 1. The molecule has 1 aliphatic rings. The van der Waals surface area contributed by atoms with E-state index in [0.717, 1.165) is 25.1 Å². The molecule has 1 aromatic rings. The Bertz CT molecular complexity index is 491. The van der Waals surface area contributed by atoms with Crippen LogP contribution in [0.25, 0.3) is 0 Å². The second-order valence-corrected chi connectivity index (χ2v) is 5.42. The van der Waals surface area contributed by atoms with E-state index in [-0.39, 0.29) is 17.5 Å². The average Bonchev–Trinajstić information content (AvgIpc) is 2.46. The van der Waals surface area contributed by atoms with E-state index in [0.29, 0.717) is 19.0 Å². The van der Waals surface area contributed by atoms with Gasteiger partial charge in [-0.05, 0) is 37.8 Å². The van der Waals surface area contributed by atoms with Gasteiger partial charge >= 0.3 is 6.18 Å². The lowest BCUT2D eigenvalue weighted by Crippen LogP contribution is -2.42. The molecule has 1 fully saturated rings. The number of nitrogens with zero attached hydrogens (tertiary/aromatic N) is 2. The second kappa shape index (κ2) is 6.01. The third kappa shape index (κ3) is 3.72. The lowest BCUT2D eigenvalue weighted by atomic mass is 9.91. The molecule has 1 aromatic heterocycles. The molecule has 0 aromatic carbocycles. The van der Waals surface area contributed by atoms with Crippen molar-refractivity contribution in [2.45, 2.75) is 32.0 Å². The van der Waals surface area contributed by atoms with Gasteiger partial charge in [0.05, 0.1) is 5.56 Å². The maximum Gasteiger partial charge on any atom is 0.433 e. The monoisotopic (exact) mass is 301 g/mol. The predicted molar refractivity (Wildman–Crippen MR) is 71.5 cm³/mol. The van der Waals surface area contributed by atoms with Gasteiger partial charge in [-0.25, -0.2) is 0 Å². The van der Waals surface area contributed by atoms with Crippen LogP contribution in [0.4, 0.5) is 13.2 Å². The molecule has 0 saturated carbocycles. The molecule has 1 atom stereocenters. The molecular formula is C14H18F3N3O. The van der Waals surface area contributed by atoms with Gasteiger partial charge in [0.2, 0.25) is 0 Å². The molecule has 1 unspecified atom stereocenters. The van der Waals surface area contributed by atoms with Gasteiger partial charge in [-0.2, -0.15) is 13.2 Å². The SMILES string of the molecule is CC(N)C1CCN(C(=O)c2ccc(C(F)(F)F)nc2)CC1. The summed E-state index contributed by atoms with van der Waals surface area (Å²) >= 11 is 0. The number of aromatic nitrogens is 1. The molecule has 2 heterocycles. The van der Waals surface area contributed by atoms with E-state index in [2.05, 4.69) is 4.98 Å². The molecule has 4 nitrogen and oxygen atoms in total. The molecule has 2 rings (SSSR count). The molecule has 116 valence electrons. The van der Waals surface area contributed by atoms with Crippen molar-refractivity contribution in [3.63, 3.8) is 0 Å². The molecule has 21 heavy (non-hydrogen) atoms. The maximum atomic E-state index is 12.4. The highest BCUT2D eigenvalue weighted by Gasteiger charge is 2.32. The van der Waals surface area contributed by atoms with Crippen LogP contribution < -0.4 is 5.73 Å². The Kier molecular flexibility index (Phi) is 4.51. The van der Waals surface area contributed by atoms with Crippen LogP contribution in [0.5, 0.6) is 0 Å². The number of nitrogens with two attached hydrogens (primary N) is 1. The zero-order valence-electron chi connectivity index (χ0n) is 11.7. The number of hydrogen-bond acceptors (Lipinski definition) is 3. The molecule has 1 aliphatic heterocycles. The van der Waals surface area contributed by atoms with Gasteiger partial charge in [0.25, 0.3) is 5.91 Å². The molecular weight excluding hydrogens is 283 g/mol. The Morgan fingerprint density at radius 2 is 2.00 bits per heavy atom. The van der Waals surface area contributed by atoms with Crippen molar-refractivity contribution >= 4 is 5.91 Å². The van der Waals surface area contributed by atoms with Crippen molar-refractivity contribution in [3.8, 4) is 0 Å². The third-order valence-corrected chi connectivity index (χ3v) is 3.87. The number of likely N-dealkylation sites (tertiary alicyclic amines) is 1. The number of rotatable bonds is 2. The van der Waals surface area contributed by atoms with Crippen molar-refractivity contribution in [1.29, 1.82) is 0 Å². The maximum absolute atomic E-state index is 12.4. The van der Waals surface area contributed by atoms with Crippen LogP contribution in [-0.4, -0.2) is 34.9 Å². The fourth-order valence-corrected chi connectivity index (χ4v) is 2.50. The summed E-state index contributed by atoms with van der Waals surface area (Å²) in [5.41, 5.74) is 5.03. The summed E-state index contributed by atoms with van der Waals surface area (Å²) in [7, 11) is 0. The zero-order valence-corrected chi connectivity index (χ0v) is 11.7. The number of carbonyl (C=O) groups is 1. The van der Waals surface area contributed by atoms with E-state index in [4.69, 9.17) is 5.73 Å². The number of halogens is 3. The van der Waals surface area contributed by atoms with Gasteiger partial charge in [-0.15, -0.1) is 0 Å². The number of alkyl halides is 3. The first-order valence-corrected chi connectivity index (χ1v) is 6.87. The van der Waals surface area contributed by atoms with E-state index in [1.165, 1.54) is 6.07 Å². The van der Waals surface area contributed by atoms with Gasteiger partial charge in [-0.1, -0.05) is 0 Å². The van der Waals surface area contributed by atoms with E-state index in [1.54, 1.807) is 4.90 Å². The Balaban J connectivity index is 2.01. The Labute approximate surface area is 121 Å². The quantitative estimate of drug-likeness (QED) is 0.912. The van der Waals surface area contributed by atoms with Crippen LogP contribution in [0.1, 0.15) is 35.8 Å². The third-order valence-electron chi connectivity index (χ3n) is 3.87. The molecule has 1 amide bonds. The summed E-state index contributed by atoms with van der Waals surface area (Å²) in [6.07, 6.45) is -1.87. The van der Waals surface area contributed by atoms with E-state index < -0.39 is 11.9 Å². The summed E-state index contributed by atoms with van der Waals surface area (Å²) in [5.74, 6) is 0.110. The second-order valence-electron chi connectivity index (χ2n) is 5.42. The first kappa shape index (κ1) is 15.8. The molecule has 0 spiro atoms. The summed E-state index contributed by atoms with van der Waals surface area (Å²) < 4.78 is 37.3. The largest absolute Gasteiger partial charge is 0.433 e. The molecule has 1 saturated heterocycles. The summed E-state index contributed by atoms with van der Waals surface area (Å²) in [5, 5.41) is 0. The first-order chi connectivity index (χ1) is 9.79. The van der Waals surface area contributed by atoms with Gasteiger partial charge in [0.15, 0.2) is 0 Å². The Hall–Kier alpha value is -1.63. The highest BCUT2D eigenvalue weighted by Crippen LogP contribution is 2.27. The van der Waals surface area contributed by atoms with Crippen LogP contribution in [0, 0.1) is 5.92 Å². The highest BCUT2D eigenvalue weighted by atomic mass is 19.4. The van der Waals surface area contributed by atoms with Gasteiger partial charge in [-0.3, -0.25) is 9.78 Å². The lowest BCUT2D eigenvalue weighted by Gasteiger charge is -2.33. The first-order valence-electron chi connectivity index (χ1n) is 6.87. The summed E-state index contributed by atoms with van der Waals surface area (Å²) in [6, 6.07) is 2.10. The standard InChI is InChI=1S/C14H18F3N3O/c1-9(18)10-4-6-20(7-5-10)13(21)11-2-3-12(19-8-11)14(15,16)17/h2-3,8-10H,4-7,18H2,1H3. The summed E-state index contributed by atoms with van der Waals surface area (Å²) in [4.78, 5) is 17.2. The van der Waals surface area contributed by atoms with Gasteiger partial charge < -0.3 is 10.6 Å². The van der Waals surface area contributed by atoms with E-state index in [1.807, 2.05) is 6.92 Å². The summed E-state index contributed by atoms with van der Waals surface area (Å²) in [6.45, 7) is 3.10. The zero-order chi connectivity index (χ0) is 15.6. The van der Waals surface area contributed by atoms with E-state index in [9.17, 15) is 18.0 Å². The van der Waals surface area contributed by atoms with Crippen molar-refractivity contribution in [1.82, 2.24) is 9.88 Å². The van der Waals surface area contributed by atoms with Crippen molar-refractivity contribution in [3.05, 3.63) is 29.6 Å². The van der Waals surface area contributed by atoms with Gasteiger partial charge in [0, 0.05) is 25.3 Å². The minimum Gasteiger partial charge on any atom is -0.339 e. The molecule has 2 N–H and O–H groups in total. The van der Waals surface area contributed by atoms with Crippen LogP contribution in [0.2, 0.25) is 0 Å². The molecule has 7 heteroatoms. The van der Waals surface area contributed by atoms with Crippen LogP contribution >= 0.6 is 0 Å². The fourth-order valence-electron chi connectivity index (χ4n) is 2.50. The average molecular weight is 301 g/mol. The van der Waals surface area contributed by atoms with E-state index >= 15 is 0 Å². The fraction of sp³-hybridized carbons (Fsp3) is 0.571. The lowest BCUT2D eigenvalue weighted by molar-refractivity contribution is -0.141. The van der Waals surface area contributed by atoms with Crippen LogP contribution in [0.3, 0.4) is 0 Å². The number of amides is 1. The predicted octanol–water partition coefficient (Wildman–Crippen LogP) is 2.30. The Morgan fingerprint density at radius 3 is 2.43 bits per heavy atom. The smallest absolute Gasteiger partial charge is 0.339 e. The number of hydrogen-bond donors (Lipinski definition) is 1. The topological polar surface area (TPSA) is 59.2 Å². The minimum atomic E-state index is -4.49. The van der Waals surface area contributed by atoms with Crippen molar-refractivity contribution in [2.24, 2.45) is 11.7 Å². The molecule has 0 bridgehead atoms. The van der Waals surface area contributed by atoms with Crippen LogP contribution in [-0.2, 0) is 6.18 Å². The molecule has 0 aliphatic carbocycles. The highest BCUT2D eigenvalue weighted by molar-refractivity contribution is 5.94. The number of piperidine rings is 1. The normalized spacial score (nSPS) is 18.6.